The number of rotatable bonds is 8. The van der Waals surface area contributed by atoms with Gasteiger partial charge in [0.15, 0.2) is 0 Å². The van der Waals surface area contributed by atoms with Crippen molar-refractivity contribution in [3.8, 4) is 23.0 Å². The van der Waals surface area contributed by atoms with Crippen molar-refractivity contribution >= 4 is 0 Å². The minimum absolute atomic E-state index is 0.595. The number of hydrogen-bond donors (Lipinski definition) is 0. The van der Waals surface area contributed by atoms with Crippen LogP contribution < -0.4 is 9.47 Å². The lowest BCUT2D eigenvalue weighted by molar-refractivity contribution is 0.319. The highest BCUT2D eigenvalue weighted by atomic mass is 16.5. The molecular formula is C25H29NO3. The Balaban J connectivity index is 1.41. The molecule has 1 aromatic heterocycles. The van der Waals surface area contributed by atoms with Gasteiger partial charge >= 0.3 is 0 Å². The van der Waals surface area contributed by atoms with E-state index in [2.05, 4.69) is 32.0 Å². The summed E-state index contributed by atoms with van der Waals surface area (Å²) in [6.07, 6.45) is 5.20. The number of aryl methyl sites for hydroxylation is 2. The molecule has 0 bridgehead atoms. The Morgan fingerprint density at radius 3 is 2.59 bits per heavy atom. The molecule has 3 aromatic rings. The van der Waals surface area contributed by atoms with E-state index in [1.165, 1.54) is 30.4 Å². The summed E-state index contributed by atoms with van der Waals surface area (Å²) in [6, 6.07) is 14.4. The molecule has 0 unspecified atom stereocenters. The summed E-state index contributed by atoms with van der Waals surface area (Å²) < 4.78 is 17.3. The quantitative estimate of drug-likeness (QED) is 0.474. The van der Waals surface area contributed by atoms with E-state index in [0.717, 1.165) is 47.3 Å². The van der Waals surface area contributed by atoms with Gasteiger partial charge in [0.05, 0.1) is 19.4 Å². The molecule has 0 saturated heterocycles. The molecule has 1 heterocycles. The predicted octanol–water partition coefficient (Wildman–Crippen LogP) is 5.97. The zero-order valence-electron chi connectivity index (χ0n) is 17.5. The Hall–Kier alpha value is -2.75. The van der Waals surface area contributed by atoms with Crippen molar-refractivity contribution in [1.82, 2.24) is 4.98 Å². The van der Waals surface area contributed by atoms with Crippen LogP contribution in [0.15, 0.2) is 46.9 Å². The number of methoxy groups -OCH3 is 1. The van der Waals surface area contributed by atoms with E-state index in [4.69, 9.17) is 18.9 Å². The van der Waals surface area contributed by atoms with Crippen LogP contribution in [0.1, 0.15) is 55.2 Å². The molecule has 0 radical (unpaired) electrons. The average Bonchev–Trinajstić information content (AvgIpc) is 3.37. The highest BCUT2D eigenvalue weighted by Gasteiger charge is 2.21. The molecule has 29 heavy (non-hydrogen) atoms. The van der Waals surface area contributed by atoms with Gasteiger partial charge in [-0.3, -0.25) is 0 Å². The van der Waals surface area contributed by atoms with Gasteiger partial charge < -0.3 is 13.9 Å². The maximum Gasteiger partial charge on any atom is 0.226 e. The van der Waals surface area contributed by atoms with E-state index in [0.29, 0.717) is 12.5 Å². The summed E-state index contributed by atoms with van der Waals surface area (Å²) in [5.41, 5.74) is 4.89. The lowest BCUT2D eigenvalue weighted by atomic mass is 9.99. The van der Waals surface area contributed by atoms with Crippen LogP contribution >= 0.6 is 0 Å². The van der Waals surface area contributed by atoms with Crippen molar-refractivity contribution < 1.29 is 13.9 Å². The van der Waals surface area contributed by atoms with Crippen LogP contribution in [-0.4, -0.2) is 18.7 Å². The van der Waals surface area contributed by atoms with E-state index < -0.39 is 0 Å². The monoisotopic (exact) mass is 391 g/mol. The van der Waals surface area contributed by atoms with E-state index >= 15 is 0 Å². The topological polar surface area (TPSA) is 44.5 Å². The minimum atomic E-state index is 0.595. The smallest absolute Gasteiger partial charge is 0.226 e. The van der Waals surface area contributed by atoms with Gasteiger partial charge in [-0.15, -0.1) is 0 Å². The summed E-state index contributed by atoms with van der Waals surface area (Å²) in [5, 5.41) is 0. The van der Waals surface area contributed by atoms with Gasteiger partial charge in [0.2, 0.25) is 5.89 Å². The fourth-order valence-corrected chi connectivity index (χ4v) is 4.17. The van der Waals surface area contributed by atoms with Crippen molar-refractivity contribution in [3.63, 3.8) is 0 Å². The maximum absolute atomic E-state index is 6.05. The zero-order valence-corrected chi connectivity index (χ0v) is 17.5. The van der Waals surface area contributed by atoms with Crippen LogP contribution in [0.5, 0.6) is 11.5 Å². The van der Waals surface area contributed by atoms with Crippen LogP contribution in [0.25, 0.3) is 11.5 Å². The van der Waals surface area contributed by atoms with Gasteiger partial charge in [-0.1, -0.05) is 19.9 Å². The Bertz CT molecular complexity index is 959. The number of aromatic nitrogens is 1. The average molecular weight is 392 g/mol. The van der Waals surface area contributed by atoms with Crippen LogP contribution in [0.2, 0.25) is 0 Å². The Kier molecular flexibility index (Phi) is 5.89. The van der Waals surface area contributed by atoms with Gasteiger partial charge in [-0.25, -0.2) is 4.98 Å². The van der Waals surface area contributed by atoms with E-state index in [1.807, 2.05) is 24.3 Å². The first-order valence-corrected chi connectivity index (χ1v) is 10.6. The summed E-state index contributed by atoms with van der Waals surface area (Å²) in [5.74, 6) is 4.08. The molecule has 0 amide bonds. The highest BCUT2D eigenvalue weighted by molar-refractivity contribution is 5.55. The van der Waals surface area contributed by atoms with Gasteiger partial charge in [0.25, 0.3) is 0 Å². The SMILES string of the molecule is CCc1oc(-c2ccc(OC)cc2)nc1CCOc1ccc2c(c1)CC[C@@H]2CC. The third-order valence-electron chi connectivity index (χ3n) is 5.85. The van der Waals surface area contributed by atoms with Crippen LogP contribution in [0, 0.1) is 0 Å². The third-order valence-corrected chi connectivity index (χ3v) is 5.85. The third kappa shape index (κ3) is 4.16. The second-order valence-corrected chi connectivity index (χ2v) is 7.57. The number of ether oxygens (including phenoxy) is 2. The maximum atomic E-state index is 6.05. The van der Waals surface area contributed by atoms with Gasteiger partial charge in [0, 0.05) is 18.4 Å². The number of hydrogen-bond acceptors (Lipinski definition) is 4. The Morgan fingerprint density at radius 2 is 1.86 bits per heavy atom. The first-order valence-electron chi connectivity index (χ1n) is 10.6. The molecule has 152 valence electrons. The second kappa shape index (κ2) is 8.73. The molecule has 4 nitrogen and oxygen atoms in total. The van der Waals surface area contributed by atoms with E-state index in [-0.39, 0.29) is 0 Å². The molecule has 4 heteroatoms. The first-order chi connectivity index (χ1) is 14.2. The Morgan fingerprint density at radius 1 is 1.07 bits per heavy atom. The van der Waals surface area contributed by atoms with Crippen molar-refractivity contribution in [1.29, 1.82) is 0 Å². The molecule has 0 saturated carbocycles. The lowest BCUT2D eigenvalue weighted by Crippen LogP contribution is -2.04. The van der Waals surface area contributed by atoms with Crippen LogP contribution in [0.4, 0.5) is 0 Å². The van der Waals surface area contributed by atoms with Crippen molar-refractivity contribution in [3.05, 3.63) is 65.0 Å². The van der Waals surface area contributed by atoms with Crippen LogP contribution in [0.3, 0.4) is 0 Å². The first kappa shape index (κ1) is 19.6. The number of nitrogens with zero attached hydrogens (tertiary/aromatic N) is 1. The zero-order chi connectivity index (χ0) is 20.2. The van der Waals surface area contributed by atoms with Crippen molar-refractivity contribution in [2.45, 2.75) is 51.9 Å². The molecule has 1 atom stereocenters. The van der Waals surface area contributed by atoms with Crippen LogP contribution in [-0.2, 0) is 19.3 Å². The molecular weight excluding hydrogens is 362 g/mol. The van der Waals surface area contributed by atoms with Crippen molar-refractivity contribution in [2.75, 3.05) is 13.7 Å². The minimum Gasteiger partial charge on any atom is -0.497 e. The molecule has 0 fully saturated rings. The molecule has 0 N–H and O–H groups in total. The lowest BCUT2D eigenvalue weighted by Gasteiger charge is -2.10. The standard InChI is InChI=1S/C25H29NO3/c1-4-17-6-7-19-16-21(12-13-22(17)19)28-15-14-23-24(5-2)29-25(26-23)18-8-10-20(27-3)11-9-18/h8-13,16-17H,4-7,14-15H2,1-3H3/t17-/m0/s1. The Labute approximate surface area is 172 Å². The number of benzene rings is 2. The second-order valence-electron chi connectivity index (χ2n) is 7.57. The number of fused-ring (bicyclic) bond motifs is 1. The fourth-order valence-electron chi connectivity index (χ4n) is 4.17. The summed E-state index contributed by atoms with van der Waals surface area (Å²) in [6.45, 7) is 4.96. The highest BCUT2D eigenvalue weighted by Crippen LogP contribution is 2.37. The van der Waals surface area contributed by atoms with Gasteiger partial charge in [-0.2, -0.15) is 0 Å². The summed E-state index contributed by atoms with van der Waals surface area (Å²) in [4.78, 5) is 4.73. The van der Waals surface area contributed by atoms with E-state index in [1.54, 1.807) is 7.11 Å². The predicted molar refractivity (Wildman–Crippen MR) is 115 cm³/mol. The molecule has 0 aliphatic heterocycles. The normalized spacial score (nSPS) is 15.3. The van der Waals surface area contributed by atoms with Crippen molar-refractivity contribution in [2.24, 2.45) is 0 Å². The summed E-state index contributed by atoms with van der Waals surface area (Å²) >= 11 is 0. The molecule has 2 aromatic carbocycles. The largest absolute Gasteiger partial charge is 0.497 e. The molecule has 0 spiro atoms. The molecule has 1 aliphatic rings. The molecule has 1 aliphatic carbocycles. The molecule has 4 rings (SSSR count). The van der Waals surface area contributed by atoms with Gasteiger partial charge in [0.1, 0.15) is 17.3 Å². The summed E-state index contributed by atoms with van der Waals surface area (Å²) in [7, 11) is 1.66. The van der Waals surface area contributed by atoms with Gasteiger partial charge in [-0.05, 0) is 72.7 Å². The fraction of sp³-hybridized carbons (Fsp3) is 0.400. The number of oxazole rings is 1. The van der Waals surface area contributed by atoms with E-state index in [9.17, 15) is 0 Å².